The number of unbranched alkanes of at least 4 members (excludes halogenated alkanes) is 2. The summed E-state index contributed by atoms with van der Waals surface area (Å²) in [6.07, 6.45) is 5.56. The van der Waals surface area contributed by atoms with E-state index in [1.807, 2.05) is 13.8 Å². The third kappa shape index (κ3) is 6.92. The van der Waals surface area contributed by atoms with Crippen LogP contribution in [0.4, 0.5) is 34.6 Å². The Labute approximate surface area is 295 Å². The van der Waals surface area contributed by atoms with Gasteiger partial charge in [-0.1, -0.05) is 26.7 Å². The van der Waals surface area contributed by atoms with Gasteiger partial charge in [0, 0.05) is 20.2 Å². The lowest BCUT2D eigenvalue weighted by Crippen LogP contribution is -2.09. The Morgan fingerprint density at radius 2 is 1.12 bits per heavy atom. The first-order chi connectivity index (χ1) is 23.9. The second-order valence-corrected chi connectivity index (χ2v) is 11.8. The van der Waals surface area contributed by atoms with Gasteiger partial charge in [-0.2, -0.15) is 29.8 Å². The zero-order chi connectivity index (χ0) is 36.3. The zero-order valence-electron chi connectivity index (χ0n) is 27.4. The van der Waals surface area contributed by atoms with E-state index in [1.54, 1.807) is 6.07 Å². The summed E-state index contributed by atoms with van der Waals surface area (Å²) in [4.78, 5) is 32.4. The van der Waals surface area contributed by atoms with Crippen LogP contribution < -0.4 is 11.5 Å². The monoisotopic (exact) mass is 722 g/mol. The van der Waals surface area contributed by atoms with Crippen molar-refractivity contribution in [3.8, 4) is 11.6 Å². The smallest absolute Gasteiger partial charge is 0.342 e. The molecule has 0 amide bonds. The molecule has 0 aliphatic carbocycles. The molecule has 0 saturated heterocycles. The minimum atomic E-state index is -1.26. The average molecular weight is 723 g/mol. The third-order valence-corrected chi connectivity index (χ3v) is 8.08. The topological polar surface area (TPSA) is 273 Å². The van der Waals surface area contributed by atoms with Crippen molar-refractivity contribution in [3.63, 3.8) is 0 Å². The number of azo groups is 2. The molecule has 5 rings (SSSR count). The number of hydrogen-bond donors (Lipinski definition) is 6. The van der Waals surface area contributed by atoms with E-state index in [2.05, 4.69) is 76.1 Å². The summed E-state index contributed by atoms with van der Waals surface area (Å²) >= 11 is 8.28. The van der Waals surface area contributed by atoms with Crippen molar-refractivity contribution in [2.45, 2.75) is 62.4 Å². The van der Waals surface area contributed by atoms with Crippen molar-refractivity contribution in [1.29, 1.82) is 0 Å². The number of carboxylic acid groups (broad SMARTS) is 2. The van der Waals surface area contributed by atoms with Gasteiger partial charge in [0.25, 0.3) is 0 Å². The molecule has 0 unspecified atom stereocenters. The third-order valence-electron chi connectivity index (χ3n) is 7.45. The maximum absolute atomic E-state index is 11.8. The molecule has 0 aliphatic rings. The Bertz CT molecular complexity index is 2000. The van der Waals surface area contributed by atoms with E-state index >= 15 is 0 Å². The fourth-order valence-electron chi connectivity index (χ4n) is 4.91. The molecular formula is C28H34N16O4S2. The minimum absolute atomic E-state index is 0.00787. The van der Waals surface area contributed by atoms with E-state index in [-0.39, 0.29) is 67.5 Å². The fraction of sp³-hybridized carbons (Fsp3) is 0.357. The first-order valence-corrected chi connectivity index (χ1v) is 16.2. The molecule has 0 fully saturated rings. The summed E-state index contributed by atoms with van der Waals surface area (Å²) in [5, 5.41) is 53.6. The highest BCUT2D eigenvalue weighted by Crippen LogP contribution is 2.36. The Morgan fingerprint density at radius 1 is 0.720 bits per heavy atom. The zero-order valence-corrected chi connectivity index (χ0v) is 29.2. The van der Waals surface area contributed by atoms with E-state index in [0.29, 0.717) is 24.2 Å². The number of anilines is 2. The highest BCUT2D eigenvalue weighted by atomic mass is 32.1. The fourth-order valence-corrected chi connectivity index (χ4v) is 5.57. The van der Waals surface area contributed by atoms with Crippen molar-refractivity contribution in [3.05, 3.63) is 34.9 Å². The van der Waals surface area contributed by atoms with E-state index < -0.39 is 11.9 Å². The standard InChI is InChI=1S/C28H34N16O4S2/c1-5-7-9-13-19(33-35-23-17(27(45)46)25(49)39-41(23)3)21(29)43(37-13)15-11-16(32-12-31-15)44-22(30)20(14(38-44)10-8-6-2)34-36-24-18(28(47)48)26(50)40-42(24)4/h11-12H,5-10,29-30H2,1-4H3,(H,39,49)(H,40,50)(H,45,46)(H,47,48). The van der Waals surface area contributed by atoms with E-state index in [9.17, 15) is 19.8 Å². The first kappa shape index (κ1) is 35.7. The van der Waals surface area contributed by atoms with Gasteiger partial charge in [-0.15, -0.1) is 45.7 Å². The molecule has 262 valence electrons. The molecule has 22 heteroatoms. The van der Waals surface area contributed by atoms with Crippen LogP contribution in [0.3, 0.4) is 0 Å². The molecule has 5 heterocycles. The van der Waals surface area contributed by atoms with E-state index in [1.165, 1.54) is 39.1 Å². The molecule has 5 aromatic rings. The Balaban J connectivity index is 1.57. The van der Waals surface area contributed by atoms with Gasteiger partial charge >= 0.3 is 11.9 Å². The van der Waals surface area contributed by atoms with Gasteiger partial charge in [0.1, 0.15) is 27.5 Å². The number of nitrogens with two attached hydrogens (primary N) is 2. The predicted octanol–water partition coefficient (Wildman–Crippen LogP) is 4.97. The lowest BCUT2D eigenvalue weighted by molar-refractivity contribution is 0.0683. The van der Waals surface area contributed by atoms with Crippen LogP contribution in [0.1, 0.15) is 71.6 Å². The number of rotatable bonds is 14. The van der Waals surface area contributed by atoms with Crippen LogP contribution in [-0.4, -0.2) is 71.2 Å². The second kappa shape index (κ2) is 14.9. The van der Waals surface area contributed by atoms with E-state index in [0.717, 1.165) is 25.7 Å². The predicted molar refractivity (Wildman–Crippen MR) is 186 cm³/mol. The van der Waals surface area contributed by atoms with Gasteiger partial charge in [-0.25, -0.2) is 28.9 Å². The van der Waals surface area contributed by atoms with E-state index in [4.69, 9.17) is 11.5 Å². The van der Waals surface area contributed by atoms with Crippen LogP contribution in [0.5, 0.6) is 0 Å². The molecule has 6 N–H and O–H groups in total. The van der Waals surface area contributed by atoms with Crippen molar-refractivity contribution >= 4 is 71.8 Å². The SMILES string of the molecule is CCCCc1nn(-c2cc(-n3nc(CCCC)c(N=Nc4c(C(=O)O)c(S)nn4C)c3N)ncn2)c(N)c1N=Nc1c(C(=O)O)c(S)nn1C. The van der Waals surface area contributed by atoms with Crippen molar-refractivity contribution in [2.24, 2.45) is 34.6 Å². The highest BCUT2D eigenvalue weighted by molar-refractivity contribution is 7.80. The molecule has 0 bridgehead atoms. The molecule has 0 aliphatic heterocycles. The molecule has 0 aromatic carbocycles. The number of thiol groups is 2. The Kier molecular flexibility index (Phi) is 10.6. The number of nitrogen functional groups attached to an aromatic ring is 2. The van der Waals surface area contributed by atoms with Crippen LogP contribution in [0.25, 0.3) is 11.6 Å². The Morgan fingerprint density at radius 3 is 1.48 bits per heavy atom. The van der Waals surface area contributed by atoms with Crippen LogP contribution in [0.15, 0.2) is 42.9 Å². The summed E-state index contributed by atoms with van der Waals surface area (Å²) in [7, 11) is 3.05. The second-order valence-electron chi connectivity index (χ2n) is 10.9. The number of carbonyl (C=O) groups is 2. The van der Waals surface area contributed by atoms with Gasteiger partial charge in [0.2, 0.25) is 0 Å². The van der Waals surface area contributed by atoms with Crippen LogP contribution >= 0.6 is 25.3 Å². The van der Waals surface area contributed by atoms with Crippen molar-refractivity contribution < 1.29 is 19.8 Å². The molecule has 0 radical (unpaired) electrons. The molecule has 0 saturated carbocycles. The lowest BCUT2D eigenvalue weighted by atomic mass is 10.2. The number of aryl methyl sites for hydroxylation is 4. The molecular weight excluding hydrogens is 689 g/mol. The summed E-state index contributed by atoms with van der Waals surface area (Å²) < 4.78 is 5.27. The van der Waals surface area contributed by atoms with Gasteiger partial charge in [-0.3, -0.25) is 0 Å². The van der Waals surface area contributed by atoms with Gasteiger partial charge in [0.05, 0.1) is 11.4 Å². The lowest BCUT2D eigenvalue weighted by Gasteiger charge is -2.06. The average Bonchev–Trinajstić information content (AvgIpc) is 3.75. The van der Waals surface area contributed by atoms with Gasteiger partial charge in [-0.05, 0) is 25.7 Å². The summed E-state index contributed by atoms with van der Waals surface area (Å²) in [6.45, 7) is 4.05. The summed E-state index contributed by atoms with van der Waals surface area (Å²) in [6, 6.07) is 1.56. The summed E-state index contributed by atoms with van der Waals surface area (Å²) in [5.74, 6) is -1.85. The van der Waals surface area contributed by atoms with Crippen molar-refractivity contribution in [2.75, 3.05) is 11.5 Å². The minimum Gasteiger partial charge on any atom is -0.477 e. The number of aromatic nitrogens is 10. The number of hydrogen-bond acceptors (Lipinski definition) is 16. The quantitative estimate of drug-likeness (QED) is 0.0655. The maximum atomic E-state index is 11.8. The summed E-state index contributed by atoms with van der Waals surface area (Å²) in [5.41, 5.74) is 14.2. The molecule has 50 heavy (non-hydrogen) atoms. The molecule has 0 spiro atoms. The van der Waals surface area contributed by atoms with Gasteiger partial charge < -0.3 is 21.7 Å². The largest absolute Gasteiger partial charge is 0.477 e. The molecule has 5 aromatic heterocycles. The number of aromatic carboxylic acids is 2. The molecule has 0 atom stereocenters. The normalized spacial score (nSPS) is 11.8. The molecule has 20 nitrogen and oxygen atoms in total. The Hall–Kier alpha value is -5.64. The first-order valence-electron chi connectivity index (χ1n) is 15.3. The van der Waals surface area contributed by atoms with Crippen LogP contribution in [-0.2, 0) is 26.9 Å². The number of carboxylic acids is 2. The van der Waals surface area contributed by atoms with Gasteiger partial charge in [0.15, 0.2) is 46.3 Å². The maximum Gasteiger partial charge on any atom is 0.342 e. The van der Waals surface area contributed by atoms with Crippen LogP contribution in [0, 0.1) is 0 Å². The number of nitrogens with zero attached hydrogens (tertiary/aromatic N) is 14. The highest BCUT2D eigenvalue weighted by Gasteiger charge is 2.25. The van der Waals surface area contributed by atoms with Crippen molar-refractivity contribution in [1.82, 2.24) is 49.1 Å². The van der Waals surface area contributed by atoms with Crippen LogP contribution in [0.2, 0.25) is 0 Å².